The SMILES string of the molecule is c1ccc(CN2CCCC([C@@H]3CO3)C2)cc1. The Morgan fingerprint density at radius 2 is 2.06 bits per heavy atom. The molecule has 2 atom stereocenters. The topological polar surface area (TPSA) is 15.8 Å². The fourth-order valence-electron chi connectivity index (χ4n) is 2.71. The van der Waals surface area contributed by atoms with Gasteiger partial charge in [-0.1, -0.05) is 30.3 Å². The number of hydrogen-bond donors (Lipinski definition) is 0. The van der Waals surface area contributed by atoms with E-state index in [0.717, 1.165) is 19.1 Å². The quantitative estimate of drug-likeness (QED) is 0.722. The maximum atomic E-state index is 5.42. The molecule has 2 saturated heterocycles. The first kappa shape index (κ1) is 10.3. The standard InChI is InChI=1S/C14H19NO/c1-2-5-12(6-3-1)9-15-8-4-7-13(10-15)14-11-16-14/h1-3,5-6,13-14H,4,7-11H2/t13?,14-/m0/s1. The van der Waals surface area contributed by atoms with E-state index in [9.17, 15) is 0 Å². The van der Waals surface area contributed by atoms with Gasteiger partial charge in [0.15, 0.2) is 0 Å². The van der Waals surface area contributed by atoms with E-state index < -0.39 is 0 Å². The molecule has 86 valence electrons. The number of benzene rings is 1. The van der Waals surface area contributed by atoms with Gasteiger partial charge >= 0.3 is 0 Å². The number of hydrogen-bond acceptors (Lipinski definition) is 2. The second-order valence-electron chi connectivity index (χ2n) is 4.99. The fraction of sp³-hybridized carbons (Fsp3) is 0.571. The monoisotopic (exact) mass is 217 g/mol. The summed E-state index contributed by atoms with van der Waals surface area (Å²) in [5.74, 6) is 0.789. The number of piperidine rings is 1. The van der Waals surface area contributed by atoms with Crippen molar-refractivity contribution >= 4 is 0 Å². The van der Waals surface area contributed by atoms with E-state index in [1.165, 1.54) is 31.5 Å². The maximum Gasteiger partial charge on any atom is 0.0850 e. The third-order valence-electron chi connectivity index (χ3n) is 3.68. The van der Waals surface area contributed by atoms with Crippen molar-refractivity contribution in [2.75, 3.05) is 19.7 Å². The highest BCUT2D eigenvalue weighted by Gasteiger charge is 2.35. The van der Waals surface area contributed by atoms with Crippen molar-refractivity contribution in [2.45, 2.75) is 25.5 Å². The number of epoxide rings is 1. The van der Waals surface area contributed by atoms with Crippen LogP contribution in [-0.4, -0.2) is 30.7 Å². The van der Waals surface area contributed by atoms with Gasteiger partial charge in [0.2, 0.25) is 0 Å². The van der Waals surface area contributed by atoms with E-state index in [1.807, 2.05) is 0 Å². The molecule has 2 aliphatic rings. The van der Waals surface area contributed by atoms with Crippen LogP contribution in [-0.2, 0) is 11.3 Å². The van der Waals surface area contributed by atoms with Gasteiger partial charge in [-0.2, -0.15) is 0 Å². The molecule has 16 heavy (non-hydrogen) atoms. The van der Waals surface area contributed by atoms with Crippen molar-refractivity contribution in [3.05, 3.63) is 35.9 Å². The summed E-state index contributed by atoms with van der Waals surface area (Å²) in [6.07, 6.45) is 3.27. The summed E-state index contributed by atoms with van der Waals surface area (Å²) >= 11 is 0. The van der Waals surface area contributed by atoms with Crippen LogP contribution in [0.25, 0.3) is 0 Å². The summed E-state index contributed by atoms with van der Waals surface area (Å²) in [4.78, 5) is 2.57. The van der Waals surface area contributed by atoms with Gasteiger partial charge in [-0.15, -0.1) is 0 Å². The molecular formula is C14H19NO. The Labute approximate surface area is 97.2 Å². The molecule has 0 aromatic heterocycles. The molecule has 2 aliphatic heterocycles. The van der Waals surface area contributed by atoms with Gasteiger partial charge in [0.1, 0.15) is 0 Å². The lowest BCUT2D eigenvalue weighted by Gasteiger charge is -2.32. The smallest absolute Gasteiger partial charge is 0.0850 e. The first-order chi connectivity index (χ1) is 7.92. The Morgan fingerprint density at radius 1 is 1.25 bits per heavy atom. The molecule has 0 amide bonds. The zero-order valence-electron chi connectivity index (χ0n) is 9.64. The van der Waals surface area contributed by atoms with E-state index in [2.05, 4.69) is 35.2 Å². The van der Waals surface area contributed by atoms with E-state index in [4.69, 9.17) is 4.74 Å². The second-order valence-corrected chi connectivity index (χ2v) is 4.99. The van der Waals surface area contributed by atoms with Crippen molar-refractivity contribution in [1.29, 1.82) is 0 Å². The Balaban J connectivity index is 1.58. The first-order valence-corrected chi connectivity index (χ1v) is 6.30. The lowest BCUT2D eigenvalue weighted by atomic mass is 9.95. The normalized spacial score (nSPS) is 30.2. The molecule has 0 aliphatic carbocycles. The van der Waals surface area contributed by atoms with Crippen LogP contribution in [0.5, 0.6) is 0 Å². The first-order valence-electron chi connectivity index (χ1n) is 6.30. The average molecular weight is 217 g/mol. The molecule has 0 bridgehead atoms. The summed E-state index contributed by atoms with van der Waals surface area (Å²) < 4.78 is 5.42. The van der Waals surface area contributed by atoms with Gasteiger partial charge in [0.25, 0.3) is 0 Å². The minimum Gasteiger partial charge on any atom is -0.373 e. The number of likely N-dealkylation sites (tertiary alicyclic amines) is 1. The Hall–Kier alpha value is -0.860. The van der Waals surface area contributed by atoms with Crippen LogP contribution in [0.1, 0.15) is 18.4 Å². The van der Waals surface area contributed by atoms with Crippen molar-refractivity contribution in [1.82, 2.24) is 4.90 Å². The Morgan fingerprint density at radius 3 is 2.81 bits per heavy atom. The molecule has 0 spiro atoms. The van der Waals surface area contributed by atoms with E-state index in [0.29, 0.717) is 6.10 Å². The van der Waals surface area contributed by atoms with E-state index in [-0.39, 0.29) is 0 Å². The fourth-order valence-corrected chi connectivity index (χ4v) is 2.71. The maximum absolute atomic E-state index is 5.42. The van der Waals surface area contributed by atoms with E-state index in [1.54, 1.807) is 0 Å². The summed E-state index contributed by atoms with van der Waals surface area (Å²) in [7, 11) is 0. The molecule has 2 fully saturated rings. The van der Waals surface area contributed by atoms with Crippen LogP contribution in [0.2, 0.25) is 0 Å². The molecule has 1 aromatic carbocycles. The third-order valence-corrected chi connectivity index (χ3v) is 3.68. The van der Waals surface area contributed by atoms with Crippen LogP contribution in [0.3, 0.4) is 0 Å². The molecule has 3 rings (SSSR count). The molecule has 2 heteroatoms. The Kier molecular flexibility index (Phi) is 2.94. The molecule has 0 saturated carbocycles. The van der Waals surface area contributed by atoms with Crippen LogP contribution in [0.4, 0.5) is 0 Å². The highest BCUT2D eigenvalue weighted by molar-refractivity contribution is 5.14. The Bertz CT molecular complexity index is 334. The van der Waals surface area contributed by atoms with Gasteiger partial charge in [0, 0.05) is 19.0 Å². The predicted molar refractivity (Wildman–Crippen MR) is 64.2 cm³/mol. The summed E-state index contributed by atoms with van der Waals surface area (Å²) in [5, 5.41) is 0. The average Bonchev–Trinajstić information content (AvgIpc) is 3.15. The zero-order chi connectivity index (χ0) is 10.8. The molecular weight excluding hydrogens is 198 g/mol. The number of nitrogens with zero attached hydrogens (tertiary/aromatic N) is 1. The summed E-state index contributed by atoms with van der Waals surface area (Å²) in [6, 6.07) is 10.8. The third kappa shape index (κ3) is 2.45. The van der Waals surface area contributed by atoms with Gasteiger partial charge in [-0.3, -0.25) is 4.90 Å². The lowest BCUT2D eigenvalue weighted by Crippen LogP contribution is -2.36. The zero-order valence-corrected chi connectivity index (χ0v) is 9.64. The molecule has 1 aromatic rings. The predicted octanol–water partition coefficient (Wildman–Crippen LogP) is 2.30. The van der Waals surface area contributed by atoms with Crippen molar-refractivity contribution < 1.29 is 4.74 Å². The van der Waals surface area contributed by atoms with E-state index >= 15 is 0 Å². The van der Waals surface area contributed by atoms with Gasteiger partial charge in [0.05, 0.1) is 12.7 Å². The van der Waals surface area contributed by atoms with Crippen LogP contribution in [0, 0.1) is 5.92 Å². The summed E-state index contributed by atoms with van der Waals surface area (Å²) in [6.45, 7) is 4.57. The minimum atomic E-state index is 0.582. The second kappa shape index (κ2) is 4.56. The number of rotatable bonds is 3. The molecule has 2 heterocycles. The molecule has 0 N–H and O–H groups in total. The highest BCUT2D eigenvalue weighted by atomic mass is 16.6. The van der Waals surface area contributed by atoms with Gasteiger partial charge in [-0.05, 0) is 24.9 Å². The highest BCUT2D eigenvalue weighted by Crippen LogP contribution is 2.29. The van der Waals surface area contributed by atoms with Gasteiger partial charge < -0.3 is 4.74 Å². The van der Waals surface area contributed by atoms with Crippen LogP contribution < -0.4 is 0 Å². The molecule has 2 nitrogen and oxygen atoms in total. The minimum absolute atomic E-state index is 0.582. The summed E-state index contributed by atoms with van der Waals surface area (Å²) in [5.41, 5.74) is 1.43. The molecule has 0 radical (unpaired) electrons. The number of ether oxygens (including phenoxy) is 1. The van der Waals surface area contributed by atoms with Crippen molar-refractivity contribution in [3.63, 3.8) is 0 Å². The van der Waals surface area contributed by atoms with Crippen LogP contribution >= 0.6 is 0 Å². The lowest BCUT2D eigenvalue weighted by molar-refractivity contribution is 0.145. The molecule has 1 unspecified atom stereocenters. The van der Waals surface area contributed by atoms with Gasteiger partial charge in [-0.25, -0.2) is 0 Å². The van der Waals surface area contributed by atoms with Crippen molar-refractivity contribution in [3.8, 4) is 0 Å². The van der Waals surface area contributed by atoms with Crippen molar-refractivity contribution in [2.24, 2.45) is 5.92 Å². The largest absolute Gasteiger partial charge is 0.373 e. The van der Waals surface area contributed by atoms with Crippen LogP contribution in [0.15, 0.2) is 30.3 Å².